The van der Waals surface area contributed by atoms with Crippen LogP contribution in [-0.4, -0.2) is 23.7 Å². The van der Waals surface area contributed by atoms with Gasteiger partial charge in [0.15, 0.2) is 0 Å². The highest BCUT2D eigenvalue weighted by molar-refractivity contribution is 5.94. The highest BCUT2D eigenvalue weighted by atomic mass is 16.3. The Morgan fingerprint density at radius 2 is 2.06 bits per heavy atom. The first-order valence-corrected chi connectivity index (χ1v) is 6.27. The molecule has 1 rings (SSSR count). The van der Waals surface area contributed by atoms with E-state index in [1.54, 1.807) is 12.1 Å². The van der Waals surface area contributed by atoms with Crippen LogP contribution in [0.15, 0.2) is 24.3 Å². The molecule has 0 aromatic heterocycles. The molecular weight excluding hydrogens is 228 g/mol. The van der Waals surface area contributed by atoms with Crippen molar-refractivity contribution in [1.82, 2.24) is 5.32 Å². The zero-order chi connectivity index (χ0) is 13.5. The number of nitrogens with two attached hydrogens (primary N) is 1. The van der Waals surface area contributed by atoms with E-state index < -0.39 is 5.91 Å². The van der Waals surface area contributed by atoms with Gasteiger partial charge < -0.3 is 16.2 Å². The molecule has 1 unspecified atom stereocenters. The second-order valence-electron chi connectivity index (χ2n) is 4.94. The van der Waals surface area contributed by atoms with Gasteiger partial charge in [-0.15, -0.1) is 0 Å². The quantitative estimate of drug-likeness (QED) is 0.682. The molecule has 0 aliphatic carbocycles. The van der Waals surface area contributed by atoms with E-state index in [2.05, 4.69) is 19.2 Å². The van der Waals surface area contributed by atoms with Crippen molar-refractivity contribution in [3.63, 3.8) is 0 Å². The van der Waals surface area contributed by atoms with Crippen LogP contribution in [0.25, 0.3) is 0 Å². The Balaban J connectivity index is 2.46. The van der Waals surface area contributed by atoms with Gasteiger partial charge >= 0.3 is 0 Å². The third-order valence-electron chi connectivity index (χ3n) is 2.72. The van der Waals surface area contributed by atoms with Crippen molar-refractivity contribution in [1.29, 1.82) is 0 Å². The second kappa shape index (κ2) is 7.13. The van der Waals surface area contributed by atoms with E-state index in [9.17, 15) is 9.90 Å². The molecule has 18 heavy (non-hydrogen) atoms. The molecule has 4 nitrogen and oxygen atoms in total. The third-order valence-corrected chi connectivity index (χ3v) is 2.72. The average Bonchev–Trinajstić information content (AvgIpc) is 2.28. The minimum absolute atomic E-state index is 0.356. The zero-order valence-electron chi connectivity index (χ0n) is 11.0. The van der Waals surface area contributed by atoms with Gasteiger partial charge in [-0.25, -0.2) is 0 Å². The van der Waals surface area contributed by atoms with E-state index in [-0.39, 0.29) is 6.10 Å². The molecule has 100 valence electrons. The monoisotopic (exact) mass is 250 g/mol. The van der Waals surface area contributed by atoms with Gasteiger partial charge in [0.25, 0.3) is 0 Å². The first kappa shape index (κ1) is 14.7. The van der Waals surface area contributed by atoms with Crippen LogP contribution in [0, 0.1) is 5.92 Å². The molecule has 1 amide bonds. The Kier molecular flexibility index (Phi) is 5.82. The number of aliphatic hydroxyl groups is 1. The average molecular weight is 250 g/mol. The van der Waals surface area contributed by atoms with E-state index in [0.717, 1.165) is 12.0 Å². The molecule has 1 aromatic carbocycles. The number of hydrogen-bond acceptors (Lipinski definition) is 3. The van der Waals surface area contributed by atoms with Crippen LogP contribution < -0.4 is 11.1 Å². The number of carbonyl (C=O) groups excluding carboxylic acids is 1. The number of rotatable bonds is 7. The molecule has 0 spiro atoms. The first-order chi connectivity index (χ1) is 8.50. The smallest absolute Gasteiger partial charge is 0.249 e. The normalized spacial score (nSPS) is 12.7. The summed E-state index contributed by atoms with van der Waals surface area (Å²) in [6.45, 7) is 5.21. The molecule has 4 heteroatoms. The number of aliphatic hydroxyl groups excluding tert-OH is 1. The van der Waals surface area contributed by atoms with Gasteiger partial charge in [0, 0.05) is 18.7 Å². The molecule has 0 saturated heterocycles. The lowest BCUT2D eigenvalue weighted by Gasteiger charge is -2.14. The fraction of sp³-hybridized carbons (Fsp3) is 0.500. The van der Waals surface area contributed by atoms with Crippen molar-refractivity contribution in [2.75, 3.05) is 6.54 Å². The standard InChI is InChI=1S/C14H22N2O2/c1-10(2)7-12(17)9-16-8-11-5-3-4-6-13(11)14(15)18/h3-6,10,12,16-17H,7-9H2,1-2H3,(H2,15,18). The first-order valence-electron chi connectivity index (χ1n) is 6.27. The fourth-order valence-corrected chi connectivity index (χ4v) is 1.92. The lowest BCUT2D eigenvalue weighted by Crippen LogP contribution is -2.28. The molecule has 0 fully saturated rings. The molecule has 0 heterocycles. The maximum Gasteiger partial charge on any atom is 0.249 e. The fourth-order valence-electron chi connectivity index (χ4n) is 1.92. The molecule has 1 aromatic rings. The number of primary amides is 1. The van der Waals surface area contributed by atoms with E-state index >= 15 is 0 Å². The molecule has 0 aliphatic heterocycles. The van der Waals surface area contributed by atoms with Crippen molar-refractivity contribution in [2.24, 2.45) is 11.7 Å². The van der Waals surface area contributed by atoms with E-state index in [4.69, 9.17) is 5.73 Å². The Labute approximate surface area is 108 Å². The molecular formula is C14H22N2O2. The summed E-state index contributed by atoms with van der Waals surface area (Å²) in [5.74, 6) is 0.0508. The van der Waals surface area contributed by atoms with Gasteiger partial charge in [-0.1, -0.05) is 32.0 Å². The van der Waals surface area contributed by atoms with Gasteiger partial charge in [-0.05, 0) is 24.0 Å². The van der Waals surface area contributed by atoms with Crippen molar-refractivity contribution in [3.8, 4) is 0 Å². The second-order valence-corrected chi connectivity index (χ2v) is 4.94. The van der Waals surface area contributed by atoms with Crippen molar-refractivity contribution in [2.45, 2.75) is 32.9 Å². The van der Waals surface area contributed by atoms with Crippen LogP contribution in [0.3, 0.4) is 0 Å². The van der Waals surface area contributed by atoms with E-state index in [1.807, 2.05) is 12.1 Å². The summed E-state index contributed by atoms with van der Waals surface area (Å²) >= 11 is 0. The topological polar surface area (TPSA) is 75.3 Å². The van der Waals surface area contributed by atoms with Crippen molar-refractivity contribution in [3.05, 3.63) is 35.4 Å². The van der Waals surface area contributed by atoms with Gasteiger partial charge in [0.1, 0.15) is 0 Å². The van der Waals surface area contributed by atoms with Crippen molar-refractivity contribution >= 4 is 5.91 Å². The summed E-state index contributed by atoms with van der Waals surface area (Å²) in [7, 11) is 0. The van der Waals surface area contributed by atoms with Crippen molar-refractivity contribution < 1.29 is 9.90 Å². The minimum Gasteiger partial charge on any atom is -0.392 e. The number of carbonyl (C=O) groups is 1. The number of amides is 1. The molecule has 0 aliphatic rings. The Morgan fingerprint density at radius 3 is 2.67 bits per heavy atom. The molecule has 4 N–H and O–H groups in total. The number of hydrogen-bond donors (Lipinski definition) is 3. The Morgan fingerprint density at radius 1 is 1.39 bits per heavy atom. The summed E-state index contributed by atoms with van der Waals surface area (Å²) in [5.41, 5.74) is 6.69. The summed E-state index contributed by atoms with van der Waals surface area (Å²) < 4.78 is 0. The molecule has 0 radical (unpaired) electrons. The summed E-state index contributed by atoms with van der Waals surface area (Å²) in [4.78, 5) is 11.2. The van der Waals surface area contributed by atoms with E-state index in [0.29, 0.717) is 24.6 Å². The molecule has 1 atom stereocenters. The lowest BCUT2D eigenvalue weighted by molar-refractivity contribution is 0.0999. The van der Waals surface area contributed by atoms with Gasteiger partial charge in [0.2, 0.25) is 5.91 Å². The SMILES string of the molecule is CC(C)CC(O)CNCc1ccccc1C(N)=O. The van der Waals surface area contributed by atoms with Crippen LogP contribution >= 0.6 is 0 Å². The maximum atomic E-state index is 11.2. The van der Waals surface area contributed by atoms with Gasteiger partial charge in [-0.2, -0.15) is 0 Å². The zero-order valence-corrected chi connectivity index (χ0v) is 11.0. The molecule has 0 bridgehead atoms. The number of benzene rings is 1. The van der Waals surface area contributed by atoms with Gasteiger partial charge in [0.05, 0.1) is 6.10 Å². The number of nitrogens with one attached hydrogen (secondary N) is 1. The summed E-state index contributed by atoms with van der Waals surface area (Å²) in [5, 5.41) is 12.9. The summed E-state index contributed by atoms with van der Waals surface area (Å²) in [6, 6.07) is 7.23. The highest BCUT2D eigenvalue weighted by Gasteiger charge is 2.09. The van der Waals surface area contributed by atoms with Crippen LogP contribution in [0.5, 0.6) is 0 Å². The maximum absolute atomic E-state index is 11.2. The highest BCUT2D eigenvalue weighted by Crippen LogP contribution is 2.08. The van der Waals surface area contributed by atoms with Crippen LogP contribution in [-0.2, 0) is 6.54 Å². The largest absolute Gasteiger partial charge is 0.392 e. The predicted molar refractivity (Wildman–Crippen MR) is 72.1 cm³/mol. The van der Waals surface area contributed by atoms with Gasteiger partial charge in [-0.3, -0.25) is 4.79 Å². The van der Waals surface area contributed by atoms with Crippen LogP contribution in [0.1, 0.15) is 36.2 Å². The van der Waals surface area contributed by atoms with Crippen LogP contribution in [0.4, 0.5) is 0 Å². The minimum atomic E-state index is -0.421. The Bertz CT molecular complexity index is 391. The summed E-state index contributed by atoms with van der Waals surface area (Å²) in [6.07, 6.45) is 0.413. The lowest BCUT2D eigenvalue weighted by atomic mass is 10.1. The van der Waals surface area contributed by atoms with Crippen LogP contribution in [0.2, 0.25) is 0 Å². The predicted octanol–water partition coefficient (Wildman–Crippen LogP) is 1.28. The molecule has 0 saturated carbocycles. The third kappa shape index (κ3) is 4.85. The van der Waals surface area contributed by atoms with E-state index in [1.165, 1.54) is 0 Å². The Hall–Kier alpha value is -1.39.